The largest absolute Gasteiger partial charge is 0.417 e. The van der Waals surface area contributed by atoms with E-state index in [0.717, 1.165) is 18.3 Å². The minimum atomic E-state index is -4.49. The van der Waals surface area contributed by atoms with Gasteiger partial charge in [-0.2, -0.15) is 17.6 Å². The van der Waals surface area contributed by atoms with E-state index < -0.39 is 17.7 Å². The minimum absolute atomic E-state index is 0.0458. The monoisotopic (exact) mass is 241 g/mol. The van der Waals surface area contributed by atoms with E-state index in [1.807, 2.05) is 0 Å². The number of benzene rings is 1. The molecule has 0 spiro atoms. The van der Waals surface area contributed by atoms with Crippen LogP contribution in [0.5, 0.6) is 0 Å². The molecule has 0 atom stereocenters. The molecule has 2 rings (SSSR count). The normalized spacial score (nSPS) is 11.5. The van der Waals surface area contributed by atoms with Gasteiger partial charge in [0.15, 0.2) is 0 Å². The molecular weight excluding hydrogens is 236 g/mol. The Balaban J connectivity index is 2.47. The molecule has 1 radical (unpaired) electrons. The lowest BCUT2D eigenvalue weighted by Crippen LogP contribution is -2.05. The maximum absolute atomic E-state index is 12.8. The van der Waals surface area contributed by atoms with Gasteiger partial charge in [0.2, 0.25) is 5.95 Å². The molecule has 0 unspecified atom stereocenters. The predicted octanol–water partition coefficient (Wildman–Crippen LogP) is 3.10. The van der Waals surface area contributed by atoms with Crippen LogP contribution in [-0.4, -0.2) is 9.97 Å². The number of hydrogen-bond acceptors (Lipinski definition) is 2. The molecule has 0 saturated heterocycles. The van der Waals surface area contributed by atoms with E-state index in [1.165, 1.54) is 12.3 Å². The highest BCUT2D eigenvalue weighted by molar-refractivity contribution is 5.58. The summed E-state index contributed by atoms with van der Waals surface area (Å²) in [7, 11) is 0. The van der Waals surface area contributed by atoms with Crippen molar-refractivity contribution < 1.29 is 17.6 Å². The quantitative estimate of drug-likeness (QED) is 0.717. The van der Waals surface area contributed by atoms with Crippen LogP contribution in [0, 0.1) is 12.0 Å². The molecule has 0 aliphatic rings. The molecule has 17 heavy (non-hydrogen) atoms. The molecule has 1 aromatic carbocycles. The molecule has 0 saturated carbocycles. The molecule has 0 N–H and O–H groups in total. The molecule has 1 heterocycles. The van der Waals surface area contributed by atoms with Crippen LogP contribution in [-0.2, 0) is 6.18 Å². The van der Waals surface area contributed by atoms with E-state index in [-0.39, 0.29) is 11.3 Å². The molecule has 2 aromatic rings. The van der Waals surface area contributed by atoms with Crippen LogP contribution in [0.1, 0.15) is 5.56 Å². The Hall–Kier alpha value is -1.98. The van der Waals surface area contributed by atoms with Crippen LogP contribution in [0.25, 0.3) is 11.3 Å². The van der Waals surface area contributed by atoms with Crippen LogP contribution < -0.4 is 0 Å². The summed E-state index contributed by atoms with van der Waals surface area (Å²) in [6.07, 6.45) is -2.42. The van der Waals surface area contributed by atoms with Crippen molar-refractivity contribution in [2.75, 3.05) is 0 Å². The van der Waals surface area contributed by atoms with Gasteiger partial charge < -0.3 is 0 Å². The third-order valence-electron chi connectivity index (χ3n) is 2.01. The fraction of sp³-hybridized carbons (Fsp3) is 0.0909. The molecule has 2 nitrogen and oxygen atoms in total. The first-order valence-corrected chi connectivity index (χ1v) is 4.53. The third kappa shape index (κ3) is 2.58. The first kappa shape index (κ1) is 11.5. The van der Waals surface area contributed by atoms with Crippen LogP contribution in [0.2, 0.25) is 0 Å². The topological polar surface area (TPSA) is 25.8 Å². The van der Waals surface area contributed by atoms with Gasteiger partial charge in [-0.3, -0.25) is 4.98 Å². The Morgan fingerprint density at radius 2 is 1.94 bits per heavy atom. The van der Waals surface area contributed by atoms with Gasteiger partial charge in [0.25, 0.3) is 0 Å². The van der Waals surface area contributed by atoms with Gasteiger partial charge in [0.05, 0.1) is 23.7 Å². The van der Waals surface area contributed by atoms with Gasteiger partial charge in [0.1, 0.15) is 0 Å². The summed E-state index contributed by atoms with van der Waals surface area (Å²) in [5, 5.41) is 0. The Morgan fingerprint density at radius 1 is 1.18 bits per heavy atom. The Bertz CT molecular complexity index is 537. The highest BCUT2D eigenvalue weighted by Crippen LogP contribution is 2.31. The Labute approximate surface area is 94.0 Å². The molecule has 0 bridgehead atoms. The highest BCUT2D eigenvalue weighted by Gasteiger charge is 2.30. The molecule has 0 aliphatic heterocycles. The van der Waals surface area contributed by atoms with Crippen molar-refractivity contribution in [3.05, 3.63) is 48.2 Å². The summed E-state index contributed by atoms with van der Waals surface area (Å²) < 4.78 is 50.0. The van der Waals surface area contributed by atoms with Crippen molar-refractivity contribution in [3.8, 4) is 11.3 Å². The molecule has 1 aromatic heterocycles. The zero-order chi connectivity index (χ0) is 12.5. The van der Waals surface area contributed by atoms with E-state index in [2.05, 4.69) is 16.0 Å². The average molecular weight is 241 g/mol. The van der Waals surface area contributed by atoms with E-state index in [4.69, 9.17) is 0 Å². The van der Waals surface area contributed by atoms with Gasteiger partial charge in [-0.05, 0) is 12.1 Å². The standard InChI is InChI=1S/C11H5F4N2/c12-10-6-16-5-9(17-10)7-2-1-3-8(4-7)11(13,14)15/h1-2,4-6H. The molecule has 0 aliphatic carbocycles. The first-order valence-electron chi connectivity index (χ1n) is 4.53. The summed E-state index contributed by atoms with van der Waals surface area (Å²) in [6, 6.07) is 5.39. The van der Waals surface area contributed by atoms with E-state index in [1.54, 1.807) is 0 Å². The van der Waals surface area contributed by atoms with Gasteiger partial charge in [-0.15, -0.1) is 0 Å². The summed E-state index contributed by atoms with van der Waals surface area (Å²) in [6.45, 7) is 0. The van der Waals surface area contributed by atoms with Crippen molar-refractivity contribution in [1.82, 2.24) is 9.97 Å². The van der Waals surface area contributed by atoms with E-state index in [0.29, 0.717) is 0 Å². The number of nitrogens with zero attached hydrogens (tertiary/aromatic N) is 2. The SMILES string of the molecule is Fc1cncc(-c2cc[c]c(C(F)(F)F)c2)n1. The number of alkyl halides is 3. The summed E-state index contributed by atoms with van der Waals surface area (Å²) in [5.74, 6) is -0.844. The van der Waals surface area contributed by atoms with Crippen molar-refractivity contribution in [3.63, 3.8) is 0 Å². The fourth-order valence-corrected chi connectivity index (χ4v) is 1.27. The molecule has 87 valence electrons. The van der Waals surface area contributed by atoms with Crippen LogP contribution in [0.15, 0.2) is 30.6 Å². The molecule has 6 heteroatoms. The van der Waals surface area contributed by atoms with Crippen molar-refractivity contribution in [2.45, 2.75) is 6.18 Å². The average Bonchev–Trinajstić information content (AvgIpc) is 2.28. The zero-order valence-electron chi connectivity index (χ0n) is 8.29. The number of hydrogen-bond donors (Lipinski definition) is 0. The molecular formula is C11H5F4N2. The lowest BCUT2D eigenvalue weighted by molar-refractivity contribution is -0.137. The summed E-state index contributed by atoms with van der Waals surface area (Å²) >= 11 is 0. The predicted molar refractivity (Wildman–Crippen MR) is 51.3 cm³/mol. The lowest BCUT2D eigenvalue weighted by atomic mass is 10.1. The first-order chi connectivity index (χ1) is 7.97. The minimum Gasteiger partial charge on any atom is -0.258 e. The summed E-state index contributed by atoms with van der Waals surface area (Å²) in [5.41, 5.74) is -0.742. The van der Waals surface area contributed by atoms with Gasteiger partial charge in [0, 0.05) is 5.56 Å². The van der Waals surface area contributed by atoms with Gasteiger partial charge in [-0.25, -0.2) is 4.98 Å². The van der Waals surface area contributed by atoms with Crippen molar-refractivity contribution in [1.29, 1.82) is 0 Å². The molecule has 0 fully saturated rings. The van der Waals surface area contributed by atoms with Gasteiger partial charge in [-0.1, -0.05) is 12.1 Å². The Kier molecular flexibility index (Phi) is 2.79. The van der Waals surface area contributed by atoms with E-state index >= 15 is 0 Å². The number of aromatic nitrogens is 2. The Morgan fingerprint density at radius 3 is 2.59 bits per heavy atom. The number of rotatable bonds is 1. The van der Waals surface area contributed by atoms with Gasteiger partial charge >= 0.3 is 6.18 Å². The second-order valence-electron chi connectivity index (χ2n) is 3.22. The zero-order valence-corrected chi connectivity index (χ0v) is 8.29. The maximum atomic E-state index is 12.8. The molecule has 0 amide bonds. The maximum Gasteiger partial charge on any atom is 0.417 e. The smallest absolute Gasteiger partial charge is 0.258 e. The van der Waals surface area contributed by atoms with Crippen molar-refractivity contribution in [2.24, 2.45) is 0 Å². The second kappa shape index (κ2) is 4.12. The highest BCUT2D eigenvalue weighted by atomic mass is 19.4. The summed E-state index contributed by atoms with van der Waals surface area (Å²) in [4.78, 5) is 6.98. The lowest BCUT2D eigenvalue weighted by Gasteiger charge is -2.07. The van der Waals surface area contributed by atoms with Crippen molar-refractivity contribution >= 4 is 0 Å². The number of halogens is 4. The van der Waals surface area contributed by atoms with Crippen LogP contribution >= 0.6 is 0 Å². The van der Waals surface area contributed by atoms with E-state index in [9.17, 15) is 17.6 Å². The van der Waals surface area contributed by atoms with Crippen LogP contribution in [0.4, 0.5) is 17.6 Å². The second-order valence-corrected chi connectivity index (χ2v) is 3.22. The van der Waals surface area contributed by atoms with Crippen LogP contribution in [0.3, 0.4) is 0 Å². The third-order valence-corrected chi connectivity index (χ3v) is 2.01. The fourth-order valence-electron chi connectivity index (χ4n) is 1.27.